The van der Waals surface area contributed by atoms with Crippen LogP contribution in [0.25, 0.3) is 0 Å². The third-order valence-corrected chi connectivity index (χ3v) is 3.54. The summed E-state index contributed by atoms with van der Waals surface area (Å²) >= 11 is 0. The molecule has 5 heteroatoms. The minimum atomic E-state index is -0.309. The number of carbonyl (C=O) groups excluding carboxylic acids is 1. The second-order valence-electron chi connectivity index (χ2n) is 4.78. The highest BCUT2D eigenvalue weighted by Crippen LogP contribution is 2.11. The summed E-state index contributed by atoms with van der Waals surface area (Å²) in [6.45, 7) is 4.42. The summed E-state index contributed by atoms with van der Waals surface area (Å²) in [7, 11) is 0. The Kier molecular flexibility index (Phi) is 4.15. The van der Waals surface area contributed by atoms with Gasteiger partial charge in [-0.1, -0.05) is 0 Å². The number of carbonyl (C=O) groups is 1. The molecule has 2 rings (SSSR count). The molecule has 1 fully saturated rings. The molecule has 1 saturated heterocycles. The van der Waals surface area contributed by atoms with E-state index >= 15 is 0 Å². The number of nitrogens with zero attached hydrogens (tertiary/aromatic N) is 2. The fourth-order valence-electron chi connectivity index (χ4n) is 2.24. The zero-order valence-corrected chi connectivity index (χ0v) is 10.7. The number of piperidine rings is 1. The Bertz CT molecular complexity index is 413. The van der Waals surface area contributed by atoms with Gasteiger partial charge in [0.25, 0.3) is 0 Å². The highest BCUT2D eigenvalue weighted by Gasteiger charge is 2.20. The molecule has 0 spiro atoms. The van der Waals surface area contributed by atoms with Gasteiger partial charge in [-0.25, -0.2) is 4.79 Å². The van der Waals surface area contributed by atoms with Crippen LogP contribution in [0.2, 0.25) is 0 Å². The van der Waals surface area contributed by atoms with E-state index in [4.69, 9.17) is 5.73 Å². The summed E-state index contributed by atoms with van der Waals surface area (Å²) in [6, 6.07) is 2.17. The van der Waals surface area contributed by atoms with Crippen LogP contribution in [0.3, 0.4) is 0 Å². The van der Waals surface area contributed by atoms with Crippen molar-refractivity contribution < 1.29 is 4.79 Å². The van der Waals surface area contributed by atoms with E-state index in [2.05, 4.69) is 17.2 Å². The highest BCUT2D eigenvalue weighted by molar-refractivity contribution is 5.72. The van der Waals surface area contributed by atoms with E-state index in [1.165, 1.54) is 11.1 Å². The van der Waals surface area contributed by atoms with Crippen LogP contribution in [0, 0.1) is 6.92 Å². The molecule has 1 aromatic heterocycles. The SMILES string of the molecule is Cc1ccncc1CNC1CCN(C(N)=O)CC1. The van der Waals surface area contributed by atoms with Crippen molar-refractivity contribution >= 4 is 6.03 Å². The topological polar surface area (TPSA) is 71.2 Å². The van der Waals surface area contributed by atoms with Gasteiger partial charge in [-0.2, -0.15) is 0 Å². The lowest BCUT2D eigenvalue weighted by Crippen LogP contribution is -2.46. The lowest BCUT2D eigenvalue weighted by molar-refractivity contribution is 0.185. The van der Waals surface area contributed by atoms with Crippen molar-refractivity contribution in [2.24, 2.45) is 5.73 Å². The number of likely N-dealkylation sites (tertiary alicyclic amines) is 1. The Morgan fingerprint density at radius 2 is 2.28 bits per heavy atom. The predicted molar refractivity (Wildman–Crippen MR) is 70.0 cm³/mol. The molecule has 0 atom stereocenters. The van der Waals surface area contributed by atoms with Crippen molar-refractivity contribution in [3.05, 3.63) is 29.6 Å². The Balaban J connectivity index is 1.79. The molecule has 2 heterocycles. The molecule has 1 aromatic rings. The highest BCUT2D eigenvalue weighted by atomic mass is 16.2. The second kappa shape index (κ2) is 5.82. The summed E-state index contributed by atoms with van der Waals surface area (Å²) in [6.07, 6.45) is 5.63. The van der Waals surface area contributed by atoms with E-state index in [9.17, 15) is 4.79 Å². The molecule has 1 aliphatic heterocycles. The summed E-state index contributed by atoms with van der Waals surface area (Å²) in [5.74, 6) is 0. The van der Waals surface area contributed by atoms with Crippen LogP contribution in [0.15, 0.2) is 18.5 Å². The van der Waals surface area contributed by atoms with Gasteiger partial charge in [0.2, 0.25) is 0 Å². The number of amides is 2. The van der Waals surface area contributed by atoms with E-state index in [0.717, 1.165) is 32.5 Å². The van der Waals surface area contributed by atoms with Crippen molar-refractivity contribution in [2.75, 3.05) is 13.1 Å². The average Bonchev–Trinajstić information content (AvgIpc) is 2.38. The number of aryl methyl sites for hydroxylation is 1. The van der Waals surface area contributed by atoms with Crippen molar-refractivity contribution in [1.82, 2.24) is 15.2 Å². The maximum absolute atomic E-state index is 11.0. The summed E-state index contributed by atoms with van der Waals surface area (Å²) in [4.78, 5) is 16.8. The summed E-state index contributed by atoms with van der Waals surface area (Å²) < 4.78 is 0. The number of pyridine rings is 1. The summed E-state index contributed by atoms with van der Waals surface area (Å²) in [5.41, 5.74) is 7.74. The van der Waals surface area contributed by atoms with Gasteiger partial charge in [-0.15, -0.1) is 0 Å². The van der Waals surface area contributed by atoms with Crippen LogP contribution < -0.4 is 11.1 Å². The van der Waals surface area contributed by atoms with E-state index in [1.807, 2.05) is 18.5 Å². The molecule has 0 saturated carbocycles. The lowest BCUT2D eigenvalue weighted by Gasteiger charge is -2.31. The van der Waals surface area contributed by atoms with Gasteiger partial charge in [-0.05, 0) is 37.0 Å². The molecule has 98 valence electrons. The number of nitrogens with two attached hydrogens (primary N) is 1. The van der Waals surface area contributed by atoms with Gasteiger partial charge in [-0.3, -0.25) is 4.98 Å². The van der Waals surface area contributed by atoms with Gasteiger partial charge >= 0.3 is 6.03 Å². The summed E-state index contributed by atoms with van der Waals surface area (Å²) in [5, 5.41) is 3.52. The number of urea groups is 1. The van der Waals surface area contributed by atoms with E-state index < -0.39 is 0 Å². The molecule has 3 N–H and O–H groups in total. The quantitative estimate of drug-likeness (QED) is 0.839. The normalized spacial score (nSPS) is 16.8. The van der Waals surface area contributed by atoms with Gasteiger partial charge in [0.1, 0.15) is 0 Å². The predicted octanol–water partition coefficient (Wildman–Crippen LogP) is 1.02. The monoisotopic (exact) mass is 248 g/mol. The Labute approximate surface area is 107 Å². The smallest absolute Gasteiger partial charge is 0.314 e. The van der Waals surface area contributed by atoms with Gasteiger partial charge in [0, 0.05) is 38.1 Å². The van der Waals surface area contributed by atoms with Crippen LogP contribution in [-0.4, -0.2) is 35.0 Å². The maximum Gasteiger partial charge on any atom is 0.314 e. The number of aromatic nitrogens is 1. The number of rotatable bonds is 3. The third-order valence-electron chi connectivity index (χ3n) is 3.54. The minimum Gasteiger partial charge on any atom is -0.351 e. The Hall–Kier alpha value is -1.62. The van der Waals surface area contributed by atoms with E-state index in [-0.39, 0.29) is 6.03 Å². The molecule has 0 aliphatic carbocycles. The molecular weight excluding hydrogens is 228 g/mol. The standard InChI is InChI=1S/C13H20N4O/c1-10-2-5-15-8-11(10)9-16-12-3-6-17(7-4-12)13(14)18/h2,5,8,12,16H,3-4,6-7,9H2,1H3,(H2,14,18). The molecule has 2 amide bonds. The number of hydrogen-bond acceptors (Lipinski definition) is 3. The van der Waals surface area contributed by atoms with Crippen LogP contribution >= 0.6 is 0 Å². The average molecular weight is 248 g/mol. The largest absolute Gasteiger partial charge is 0.351 e. The molecule has 1 aliphatic rings. The molecule has 18 heavy (non-hydrogen) atoms. The third kappa shape index (κ3) is 3.20. The number of nitrogens with one attached hydrogen (secondary N) is 1. The number of hydrogen-bond donors (Lipinski definition) is 2. The van der Waals surface area contributed by atoms with Crippen LogP contribution in [0.5, 0.6) is 0 Å². The molecule has 0 radical (unpaired) electrons. The van der Waals surface area contributed by atoms with Gasteiger partial charge < -0.3 is 16.0 Å². The molecule has 0 unspecified atom stereocenters. The molecule has 0 aromatic carbocycles. The number of primary amides is 1. The van der Waals surface area contributed by atoms with Gasteiger partial charge in [0.05, 0.1) is 0 Å². The first-order valence-corrected chi connectivity index (χ1v) is 6.34. The molecular formula is C13H20N4O. The van der Waals surface area contributed by atoms with Crippen LogP contribution in [0.4, 0.5) is 4.79 Å². The Morgan fingerprint density at radius 1 is 1.56 bits per heavy atom. The van der Waals surface area contributed by atoms with E-state index in [1.54, 1.807) is 4.90 Å². The molecule has 5 nitrogen and oxygen atoms in total. The van der Waals surface area contributed by atoms with Crippen molar-refractivity contribution in [2.45, 2.75) is 32.4 Å². The molecule has 0 bridgehead atoms. The maximum atomic E-state index is 11.0. The zero-order chi connectivity index (χ0) is 13.0. The Morgan fingerprint density at radius 3 is 2.89 bits per heavy atom. The first kappa shape index (κ1) is 12.8. The lowest BCUT2D eigenvalue weighted by atomic mass is 10.0. The second-order valence-corrected chi connectivity index (χ2v) is 4.78. The van der Waals surface area contributed by atoms with Crippen molar-refractivity contribution in [1.29, 1.82) is 0 Å². The van der Waals surface area contributed by atoms with Crippen LogP contribution in [0.1, 0.15) is 24.0 Å². The van der Waals surface area contributed by atoms with Gasteiger partial charge in [0.15, 0.2) is 0 Å². The fraction of sp³-hybridized carbons (Fsp3) is 0.538. The van der Waals surface area contributed by atoms with Crippen LogP contribution in [-0.2, 0) is 6.54 Å². The first-order chi connectivity index (χ1) is 8.66. The zero-order valence-electron chi connectivity index (χ0n) is 10.7. The first-order valence-electron chi connectivity index (χ1n) is 6.34. The fourth-order valence-corrected chi connectivity index (χ4v) is 2.24. The van der Waals surface area contributed by atoms with Crippen molar-refractivity contribution in [3.8, 4) is 0 Å². The van der Waals surface area contributed by atoms with Crippen molar-refractivity contribution in [3.63, 3.8) is 0 Å². The van der Waals surface area contributed by atoms with E-state index in [0.29, 0.717) is 6.04 Å². The minimum absolute atomic E-state index is 0.309.